The molecule has 14 nitrogen and oxygen atoms in total. The quantitative estimate of drug-likeness (QED) is 0.0837. The Morgan fingerprint density at radius 3 is 2.61 bits per heavy atom. The molecule has 1 aliphatic heterocycles. The van der Waals surface area contributed by atoms with E-state index in [-0.39, 0.29) is 60.0 Å². The van der Waals surface area contributed by atoms with Crippen LogP contribution in [0.15, 0.2) is 66.7 Å². The van der Waals surface area contributed by atoms with Crippen molar-refractivity contribution in [2.45, 2.75) is 46.3 Å². The Kier molecular flexibility index (Phi) is 11.9. The smallest absolute Gasteiger partial charge is 0.437 e. The highest BCUT2D eigenvalue weighted by Crippen LogP contribution is 2.37. The minimum absolute atomic E-state index is 0.00510. The van der Waals surface area contributed by atoms with Gasteiger partial charge in [-0.25, -0.2) is 19.6 Å². The predicted octanol–water partition coefficient (Wildman–Crippen LogP) is 8.20. The van der Waals surface area contributed by atoms with E-state index in [0.29, 0.717) is 45.4 Å². The molecular weight excluding hydrogens is 816 g/mol. The first-order chi connectivity index (χ1) is 28.4. The van der Waals surface area contributed by atoms with Gasteiger partial charge in [-0.15, -0.1) is 8.57 Å². The summed E-state index contributed by atoms with van der Waals surface area (Å²) in [7, 11) is 0. The number of amides is 1. The lowest BCUT2D eigenvalue weighted by Gasteiger charge is -2.30. The standard InChI is InChI=1S/C41H35FN8O6S3/c1-5-54-37(52)34-32(17-10-20-55-26-13-8-12-25(21-26)33-28(22-43)35(44)49(47-33)40(53)56-41(2,3)4)58-38(46-34)48-19-18-24-11-9-14-27(29(24)23-48)36(51)50(59-42)39-45-30-15-6-7-16-31(30)57-39/h6-9,11-16,21H,5,18-20,23,44H2,1-4H3. The number of nitriles is 1. The molecule has 3 aromatic heterocycles. The highest BCUT2D eigenvalue weighted by atomic mass is 32.2. The van der Waals surface area contributed by atoms with Gasteiger partial charge in [0.1, 0.15) is 40.2 Å². The maximum absolute atomic E-state index is 14.5. The lowest BCUT2D eigenvalue weighted by Crippen LogP contribution is -2.33. The van der Waals surface area contributed by atoms with E-state index in [1.54, 1.807) is 64.1 Å². The van der Waals surface area contributed by atoms with Gasteiger partial charge in [-0.05, 0) is 81.5 Å². The monoisotopic (exact) mass is 850 g/mol. The number of anilines is 3. The zero-order chi connectivity index (χ0) is 41.8. The van der Waals surface area contributed by atoms with Crippen LogP contribution < -0.4 is 19.7 Å². The van der Waals surface area contributed by atoms with E-state index >= 15 is 0 Å². The lowest BCUT2D eigenvalue weighted by molar-refractivity contribution is 0.0509. The first kappa shape index (κ1) is 40.7. The van der Waals surface area contributed by atoms with Crippen LogP contribution in [0.25, 0.3) is 21.5 Å². The molecule has 0 unspecified atom stereocenters. The van der Waals surface area contributed by atoms with Crippen molar-refractivity contribution in [2.75, 3.05) is 34.7 Å². The number of hydrogen-bond acceptors (Lipinski definition) is 15. The topological polar surface area (TPSA) is 179 Å². The van der Waals surface area contributed by atoms with Crippen molar-refractivity contribution in [2.24, 2.45) is 0 Å². The van der Waals surface area contributed by atoms with E-state index in [1.165, 1.54) is 22.7 Å². The van der Waals surface area contributed by atoms with Gasteiger partial charge in [-0.2, -0.15) is 14.7 Å². The molecule has 0 aliphatic carbocycles. The van der Waals surface area contributed by atoms with E-state index < -0.39 is 23.6 Å². The molecule has 7 rings (SSSR count). The van der Waals surface area contributed by atoms with Gasteiger partial charge < -0.3 is 24.8 Å². The Labute approximate surface area is 350 Å². The number of thiazole rings is 2. The van der Waals surface area contributed by atoms with Crippen LogP contribution in [0.5, 0.6) is 5.75 Å². The van der Waals surface area contributed by atoms with Gasteiger partial charge in [0.25, 0.3) is 5.91 Å². The number of nitrogens with zero attached hydrogens (tertiary/aromatic N) is 7. The Morgan fingerprint density at radius 1 is 1.07 bits per heavy atom. The van der Waals surface area contributed by atoms with Crippen molar-refractivity contribution in [3.8, 4) is 34.9 Å². The fourth-order valence-corrected chi connectivity index (χ4v) is 8.45. The molecule has 0 saturated carbocycles. The molecule has 0 radical (unpaired) electrons. The number of carbonyl (C=O) groups excluding carboxylic acids is 3. The van der Waals surface area contributed by atoms with Gasteiger partial charge in [-0.3, -0.25) is 4.79 Å². The number of esters is 1. The highest BCUT2D eigenvalue weighted by Gasteiger charge is 2.31. The van der Waals surface area contributed by atoms with Crippen LogP contribution in [-0.2, 0) is 22.4 Å². The number of benzene rings is 3. The molecule has 1 aliphatic rings. The maximum atomic E-state index is 14.5. The van der Waals surface area contributed by atoms with Crippen LogP contribution in [0.3, 0.4) is 0 Å². The number of fused-ring (bicyclic) bond motifs is 2. The number of rotatable bonds is 9. The summed E-state index contributed by atoms with van der Waals surface area (Å²) in [6.07, 6.45) is -0.244. The van der Waals surface area contributed by atoms with Gasteiger partial charge in [0, 0.05) is 24.2 Å². The third-order valence-electron chi connectivity index (χ3n) is 8.79. The van der Waals surface area contributed by atoms with Crippen molar-refractivity contribution < 1.29 is 32.5 Å². The second-order valence-corrected chi connectivity index (χ2v) is 16.4. The predicted molar refractivity (Wildman–Crippen MR) is 225 cm³/mol. The molecule has 300 valence electrons. The van der Waals surface area contributed by atoms with Crippen LogP contribution >= 0.6 is 35.0 Å². The molecule has 59 heavy (non-hydrogen) atoms. The summed E-state index contributed by atoms with van der Waals surface area (Å²) in [4.78, 5) is 51.1. The first-order valence-corrected chi connectivity index (χ1v) is 20.5. The summed E-state index contributed by atoms with van der Waals surface area (Å²) >= 11 is 2.24. The average Bonchev–Trinajstić information content (AvgIpc) is 3.94. The number of nitrogen functional groups attached to an aromatic ring is 1. The molecule has 0 atom stereocenters. The summed E-state index contributed by atoms with van der Waals surface area (Å²) in [5, 5.41) is 14.8. The van der Waals surface area contributed by atoms with Gasteiger partial charge in [0.2, 0.25) is 5.13 Å². The van der Waals surface area contributed by atoms with Gasteiger partial charge in [0.05, 0.1) is 16.8 Å². The molecule has 1 amide bonds. The highest BCUT2D eigenvalue weighted by molar-refractivity contribution is 7.96. The third kappa shape index (κ3) is 8.70. The van der Waals surface area contributed by atoms with Crippen molar-refractivity contribution in [3.05, 3.63) is 99.6 Å². The van der Waals surface area contributed by atoms with Crippen molar-refractivity contribution >= 4 is 79.3 Å². The number of carbonyl (C=O) groups is 3. The number of aromatic nitrogens is 4. The summed E-state index contributed by atoms with van der Waals surface area (Å²) < 4.78 is 33.7. The Hall–Kier alpha value is -6.47. The van der Waals surface area contributed by atoms with Crippen LogP contribution in [0, 0.1) is 23.2 Å². The van der Waals surface area contributed by atoms with E-state index in [2.05, 4.69) is 26.9 Å². The second-order valence-electron chi connectivity index (χ2n) is 13.9. The normalized spacial score (nSPS) is 12.2. The van der Waals surface area contributed by atoms with Crippen molar-refractivity contribution in [1.82, 2.24) is 19.7 Å². The SMILES string of the molecule is CCOC(=O)c1nc(N2CCc3cccc(C(=O)N(SF)c4nc5ccccc5s4)c3C2)sc1C#CCOc1cccc(-c2nn(C(=O)OC(C)(C)C)c(N)c2C#N)c1. The minimum atomic E-state index is -0.820. The van der Waals surface area contributed by atoms with E-state index in [0.717, 1.165) is 24.8 Å². The molecule has 0 saturated heterocycles. The number of ether oxygens (including phenoxy) is 3. The summed E-state index contributed by atoms with van der Waals surface area (Å²) in [5.74, 6) is 5.02. The number of para-hydroxylation sites is 1. The largest absolute Gasteiger partial charge is 0.481 e. The molecule has 18 heteroatoms. The number of halogens is 1. The summed E-state index contributed by atoms with van der Waals surface area (Å²) in [6, 6.07) is 21.5. The number of hydrogen-bond donors (Lipinski definition) is 1. The van der Waals surface area contributed by atoms with Crippen LogP contribution in [0.4, 0.5) is 24.8 Å². The van der Waals surface area contributed by atoms with Crippen LogP contribution in [0.1, 0.15) is 70.1 Å². The fraction of sp³-hybridized carbons (Fsp3) is 0.244. The molecule has 0 fully saturated rings. The van der Waals surface area contributed by atoms with Gasteiger partial charge in [0.15, 0.2) is 29.0 Å². The van der Waals surface area contributed by atoms with Crippen molar-refractivity contribution in [3.63, 3.8) is 0 Å². The van der Waals surface area contributed by atoms with Crippen molar-refractivity contribution in [1.29, 1.82) is 5.26 Å². The lowest BCUT2D eigenvalue weighted by atomic mass is 9.94. The number of nitrogens with two attached hydrogens (primary N) is 1. The Morgan fingerprint density at radius 2 is 1.86 bits per heavy atom. The van der Waals surface area contributed by atoms with Crippen LogP contribution in [0.2, 0.25) is 0 Å². The van der Waals surface area contributed by atoms with Gasteiger partial charge >= 0.3 is 12.1 Å². The molecule has 2 N–H and O–H groups in total. The minimum Gasteiger partial charge on any atom is -0.481 e. The third-order valence-corrected chi connectivity index (χ3v) is 11.4. The molecule has 4 heterocycles. The Balaban J connectivity index is 1.10. The van der Waals surface area contributed by atoms with Crippen LogP contribution in [-0.4, -0.2) is 63.1 Å². The first-order valence-electron chi connectivity index (χ1n) is 18.2. The van der Waals surface area contributed by atoms with E-state index in [9.17, 15) is 23.5 Å². The fourth-order valence-electron chi connectivity index (χ4n) is 6.17. The zero-order valence-electron chi connectivity index (χ0n) is 32.1. The maximum Gasteiger partial charge on any atom is 0.437 e. The molecule has 0 bridgehead atoms. The summed E-state index contributed by atoms with van der Waals surface area (Å²) in [5.41, 5.74) is 8.69. The van der Waals surface area contributed by atoms with Gasteiger partial charge in [-0.1, -0.05) is 65.0 Å². The Bertz CT molecular complexity index is 2670. The van der Waals surface area contributed by atoms with E-state index in [1.807, 2.05) is 41.3 Å². The second kappa shape index (κ2) is 17.2. The zero-order valence-corrected chi connectivity index (χ0v) is 34.6. The molecule has 3 aromatic carbocycles. The van der Waals surface area contributed by atoms with E-state index in [4.69, 9.17) is 19.9 Å². The molecule has 6 aromatic rings. The molecule has 0 spiro atoms. The molecular formula is C41H35FN8O6S3. The average molecular weight is 851 g/mol. The summed E-state index contributed by atoms with van der Waals surface area (Å²) in [6.45, 7) is 7.68.